The van der Waals surface area contributed by atoms with E-state index >= 15 is 0 Å². The molecule has 0 aliphatic carbocycles. The van der Waals surface area contributed by atoms with Crippen molar-refractivity contribution in [2.24, 2.45) is 0 Å². The van der Waals surface area contributed by atoms with Crippen molar-refractivity contribution in [3.8, 4) is 0 Å². The molecule has 3 aliphatic rings. The Kier molecular flexibility index (Phi) is 9.97. The van der Waals surface area contributed by atoms with E-state index in [9.17, 15) is 50.8 Å². The van der Waals surface area contributed by atoms with E-state index in [1.165, 1.54) is 6.92 Å². The van der Waals surface area contributed by atoms with Gasteiger partial charge in [0.05, 0.1) is 19.3 Å². The fraction of sp³-hybridized carbons (Fsp3) is 0.950. The summed E-state index contributed by atoms with van der Waals surface area (Å²) in [5, 5.41) is 93.8. The molecule has 3 aliphatic heterocycles. The van der Waals surface area contributed by atoms with Crippen molar-refractivity contribution in [3.63, 3.8) is 0 Å². The van der Waals surface area contributed by atoms with Gasteiger partial charge in [-0.05, 0) is 6.92 Å². The molecule has 3 saturated heterocycles. The third kappa shape index (κ3) is 5.97. The normalized spacial score (nSPS) is 50.0. The van der Waals surface area contributed by atoms with Crippen LogP contribution in [0.2, 0.25) is 0 Å². The zero-order valence-electron chi connectivity index (χ0n) is 19.5. The SMILES string of the molecule is CC(=O)N[C@@H]1[C@@H](O[C@@H]2O[C@H](CO)[C@@H](O[C@H]3O[C@@H](C)[C@H](O)[C@@H](O)[C@H]3O)[C@H](O)[C@H]2O)[C@@H](O)[C@@H](CO)O[C@H]1O. The monoisotopic (exact) mass is 529 g/mol. The molecule has 1 amide bonds. The standard InChI is InChI=1S/C20H35NO15/c1-5-10(25)12(27)14(29)19(32-5)35-16-8(4-23)34-20(15(30)13(16)28)36-17-9(21-6(2)24)18(31)33-7(3-22)11(17)26/h5,7-20,22-23,25-31H,3-4H2,1-2H3,(H,21,24)/t5-,7+,8+,9+,10-,11-,12+,13+,14+,15+,16+,17+,18+,19+,20-/m0/s1. The van der Waals surface area contributed by atoms with Crippen LogP contribution in [0.3, 0.4) is 0 Å². The molecule has 0 spiro atoms. The zero-order valence-corrected chi connectivity index (χ0v) is 19.5. The van der Waals surface area contributed by atoms with Gasteiger partial charge in [-0.25, -0.2) is 0 Å². The summed E-state index contributed by atoms with van der Waals surface area (Å²) < 4.78 is 27.1. The zero-order chi connectivity index (χ0) is 26.9. The molecule has 16 heteroatoms. The number of carbonyl (C=O) groups is 1. The van der Waals surface area contributed by atoms with E-state index in [1.54, 1.807) is 0 Å². The van der Waals surface area contributed by atoms with Gasteiger partial charge in [0, 0.05) is 6.92 Å². The number of aliphatic hydroxyl groups excluding tert-OH is 9. The average Bonchev–Trinajstić information content (AvgIpc) is 2.84. The summed E-state index contributed by atoms with van der Waals surface area (Å²) >= 11 is 0. The summed E-state index contributed by atoms with van der Waals surface area (Å²) in [5.74, 6) is -0.620. The van der Waals surface area contributed by atoms with Gasteiger partial charge in [0.2, 0.25) is 5.91 Å². The third-order valence-electron chi connectivity index (χ3n) is 6.45. The van der Waals surface area contributed by atoms with Gasteiger partial charge in [0.1, 0.15) is 67.1 Å². The predicted molar refractivity (Wildman–Crippen MR) is 111 cm³/mol. The summed E-state index contributed by atoms with van der Waals surface area (Å²) in [6.45, 7) is 1.03. The number of ether oxygens (including phenoxy) is 5. The third-order valence-corrected chi connectivity index (χ3v) is 6.45. The van der Waals surface area contributed by atoms with Crippen molar-refractivity contribution in [1.82, 2.24) is 5.32 Å². The Morgan fingerprint density at radius 1 is 0.722 bits per heavy atom. The van der Waals surface area contributed by atoms with Crippen molar-refractivity contribution in [1.29, 1.82) is 0 Å². The van der Waals surface area contributed by atoms with Crippen LogP contribution in [0.5, 0.6) is 0 Å². The summed E-state index contributed by atoms with van der Waals surface area (Å²) in [6, 6.07) is -1.37. The van der Waals surface area contributed by atoms with Crippen LogP contribution in [-0.4, -0.2) is 157 Å². The van der Waals surface area contributed by atoms with Crippen LogP contribution in [0.15, 0.2) is 0 Å². The van der Waals surface area contributed by atoms with Crippen LogP contribution >= 0.6 is 0 Å². The first-order valence-electron chi connectivity index (χ1n) is 11.4. The highest BCUT2D eigenvalue weighted by atomic mass is 16.7. The van der Waals surface area contributed by atoms with Gasteiger partial charge in [-0.2, -0.15) is 0 Å². The summed E-state index contributed by atoms with van der Waals surface area (Å²) in [6.07, 6.45) is -21.8. The highest BCUT2D eigenvalue weighted by molar-refractivity contribution is 5.73. The average molecular weight is 529 g/mol. The van der Waals surface area contributed by atoms with Crippen LogP contribution in [-0.2, 0) is 28.5 Å². The van der Waals surface area contributed by atoms with E-state index in [1.807, 2.05) is 0 Å². The molecule has 16 nitrogen and oxygen atoms in total. The Morgan fingerprint density at radius 2 is 1.28 bits per heavy atom. The van der Waals surface area contributed by atoms with Crippen molar-refractivity contribution >= 4 is 5.91 Å². The van der Waals surface area contributed by atoms with E-state index in [-0.39, 0.29) is 0 Å². The maximum absolute atomic E-state index is 11.6. The predicted octanol–water partition coefficient (Wildman–Crippen LogP) is -6.40. The molecule has 0 aromatic rings. The first-order valence-corrected chi connectivity index (χ1v) is 11.4. The lowest BCUT2D eigenvalue weighted by molar-refractivity contribution is -0.370. The lowest BCUT2D eigenvalue weighted by atomic mass is 9.95. The minimum atomic E-state index is -1.88. The number of amides is 1. The Bertz CT molecular complexity index is 729. The Morgan fingerprint density at radius 3 is 1.86 bits per heavy atom. The molecule has 3 heterocycles. The second-order valence-corrected chi connectivity index (χ2v) is 9.05. The molecule has 0 aromatic carbocycles. The van der Waals surface area contributed by atoms with Gasteiger partial charge >= 0.3 is 0 Å². The number of aliphatic hydroxyl groups is 9. The molecule has 0 radical (unpaired) electrons. The van der Waals surface area contributed by atoms with Gasteiger partial charge in [-0.1, -0.05) is 0 Å². The van der Waals surface area contributed by atoms with Crippen molar-refractivity contribution in [3.05, 3.63) is 0 Å². The molecule has 210 valence electrons. The molecule has 15 atom stereocenters. The van der Waals surface area contributed by atoms with E-state index < -0.39 is 111 Å². The lowest BCUT2D eigenvalue weighted by Gasteiger charge is -2.48. The number of hydrogen-bond acceptors (Lipinski definition) is 15. The fourth-order valence-corrected chi connectivity index (χ4v) is 4.40. The smallest absolute Gasteiger partial charge is 0.217 e. The van der Waals surface area contributed by atoms with Crippen molar-refractivity contribution in [2.75, 3.05) is 13.2 Å². The van der Waals surface area contributed by atoms with Gasteiger partial charge < -0.3 is 75.0 Å². The Labute approximate surface area is 205 Å². The molecule has 0 bridgehead atoms. The second kappa shape index (κ2) is 12.2. The minimum absolute atomic E-state index is 0.620. The Hall–Kier alpha value is -1.09. The first kappa shape index (κ1) is 29.5. The topological polar surface area (TPSA) is 257 Å². The van der Waals surface area contributed by atoms with Crippen LogP contribution < -0.4 is 5.32 Å². The lowest BCUT2D eigenvalue weighted by Crippen LogP contribution is -2.68. The quantitative estimate of drug-likeness (QED) is 0.147. The molecule has 0 saturated carbocycles. The number of carbonyl (C=O) groups excluding carboxylic acids is 1. The van der Waals surface area contributed by atoms with Crippen molar-refractivity contribution in [2.45, 2.75) is 106 Å². The van der Waals surface area contributed by atoms with Gasteiger partial charge in [-0.3, -0.25) is 4.79 Å². The molecule has 0 aromatic heterocycles. The molecule has 3 rings (SSSR count). The molecule has 10 N–H and O–H groups in total. The molecule has 0 unspecified atom stereocenters. The maximum atomic E-state index is 11.6. The Balaban J connectivity index is 1.76. The number of rotatable bonds is 7. The van der Waals surface area contributed by atoms with Crippen LogP contribution in [0, 0.1) is 0 Å². The molecule has 36 heavy (non-hydrogen) atoms. The maximum Gasteiger partial charge on any atom is 0.217 e. The highest BCUT2D eigenvalue weighted by Gasteiger charge is 2.53. The summed E-state index contributed by atoms with van der Waals surface area (Å²) in [7, 11) is 0. The van der Waals surface area contributed by atoms with Crippen LogP contribution in [0.25, 0.3) is 0 Å². The number of nitrogens with one attached hydrogen (secondary N) is 1. The largest absolute Gasteiger partial charge is 0.394 e. The number of hydrogen-bond donors (Lipinski definition) is 10. The van der Waals surface area contributed by atoms with Crippen LogP contribution in [0.1, 0.15) is 13.8 Å². The highest BCUT2D eigenvalue weighted by Crippen LogP contribution is 2.32. The van der Waals surface area contributed by atoms with E-state index in [4.69, 9.17) is 23.7 Å². The molecular weight excluding hydrogens is 494 g/mol. The van der Waals surface area contributed by atoms with Gasteiger partial charge in [0.25, 0.3) is 0 Å². The van der Waals surface area contributed by atoms with E-state index in [2.05, 4.69) is 5.32 Å². The van der Waals surface area contributed by atoms with Crippen molar-refractivity contribution < 1.29 is 74.4 Å². The summed E-state index contributed by atoms with van der Waals surface area (Å²) in [5.41, 5.74) is 0. The second-order valence-electron chi connectivity index (χ2n) is 9.05. The first-order chi connectivity index (χ1) is 16.9. The molecule has 3 fully saturated rings. The van der Waals surface area contributed by atoms with Gasteiger partial charge in [-0.15, -0.1) is 0 Å². The van der Waals surface area contributed by atoms with Crippen LogP contribution in [0.4, 0.5) is 0 Å². The van der Waals surface area contributed by atoms with E-state index in [0.717, 1.165) is 6.92 Å². The molecular formula is C20H35NO15. The summed E-state index contributed by atoms with van der Waals surface area (Å²) in [4.78, 5) is 11.6. The van der Waals surface area contributed by atoms with E-state index in [0.29, 0.717) is 0 Å². The minimum Gasteiger partial charge on any atom is -0.394 e. The fourth-order valence-electron chi connectivity index (χ4n) is 4.40. The van der Waals surface area contributed by atoms with Gasteiger partial charge in [0.15, 0.2) is 18.9 Å².